The van der Waals surface area contributed by atoms with Gasteiger partial charge in [-0.3, -0.25) is 4.79 Å². The van der Waals surface area contributed by atoms with Crippen molar-refractivity contribution in [2.75, 3.05) is 21.3 Å². The number of carbonyl (C=O) groups is 1. The molecule has 0 amide bonds. The second-order valence-electron chi connectivity index (χ2n) is 5.72. The van der Waals surface area contributed by atoms with Gasteiger partial charge in [0.05, 0.1) is 26.2 Å². The Hall–Kier alpha value is -2.92. The van der Waals surface area contributed by atoms with E-state index < -0.39 is 21.8 Å². The van der Waals surface area contributed by atoms with E-state index in [2.05, 4.69) is 4.40 Å². The fourth-order valence-corrected chi connectivity index (χ4v) is 4.97. The summed E-state index contributed by atoms with van der Waals surface area (Å²) in [6.45, 7) is -0.294. The predicted octanol–water partition coefficient (Wildman–Crippen LogP) is 2.32. The van der Waals surface area contributed by atoms with Gasteiger partial charge in [-0.15, -0.1) is 4.40 Å². The molecule has 0 aliphatic carbocycles. The van der Waals surface area contributed by atoms with Gasteiger partial charge in [0.1, 0.15) is 34.1 Å². The van der Waals surface area contributed by atoms with Crippen LogP contribution in [0.25, 0.3) is 10.2 Å². The van der Waals surface area contributed by atoms with Crippen LogP contribution in [0, 0.1) is 5.82 Å². The van der Waals surface area contributed by atoms with Crippen molar-refractivity contribution in [1.29, 1.82) is 0 Å². The lowest BCUT2D eigenvalue weighted by atomic mass is 10.3. The van der Waals surface area contributed by atoms with Crippen LogP contribution in [0.1, 0.15) is 0 Å². The van der Waals surface area contributed by atoms with Crippen LogP contribution in [0.5, 0.6) is 11.5 Å². The first kappa shape index (κ1) is 20.8. The predicted molar refractivity (Wildman–Crippen MR) is 104 cm³/mol. The van der Waals surface area contributed by atoms with Gasteiger partial charge in [0.25, 0.3) is 10.0 Å². The Morgan fingerprint density at radius 3 is 2.28 bits per heavy atom. The van der Waals surface area contributed by atoms with Crippen molar-refractivity contribution in [3.8, 4) is 11.5 Å². The molecule has 3 aromatic rings. The number of hydrogen-bond donors (Lipinski definition) is 0. The molecule has 2 aromatic carbocycles. The Balaban J connectivity index is 2.33. The Morgan fingerprint density at radius 2 is 1.69 bits per heavy atom. The molecule has 0 aliphatic rings. The van der Waals surface area contributed by atoms with E-state index in [1.165, 1.54) is 25.9 Å². The highest BCUT2D eigenvalue weighted by molar-refractivity contribution is 7.90. The van der Waals surface area contributed by atoms with Crippen molar-refractivity contribution < 1.29 is 31.8 Å². The number of ether oxygens (including phenoxy) is 3. The first-order chi connectivity index (χ1) is 13.8. The second-order valence-corrected chi connectivity index (χ2v) is 8.30. The summed E-state index contributed by atoms with van der Waals surface area (Å²) in [5, 5.41) is 0. The molecule has 8 nitrogen and oxygen atoms in total. The third kappa shape index (κ3) is 4.10. The number of benzene rings is 2. The van der Waals surface area contributed by atoms with Crippen molar-refractivity contribution in [2.24, 2.45) is 4.40 Å². The first-order valence-corrected chi connectivity index (χ1v) is 10.4. The van der Waals surface area contributed by atoms with Crippen LogP contribution < -0.4 is 14.3 Å². The molecule has 154 valence electrons. The number of sulfonamides is 1. The summed E-state index contributed by atoms with van der Waals surface area (Å²) < 4.78 is 59.9. The highest BCUT2D eigenvalue weighted by Gasteiger charge is 2.20. The molecule has 0 saturated heterocycles. The number of esters is 1. The number of fused-ring (bicyclic) bond motifs is 1. The van der Waals surface area contributed by atoms with Gasteiger partial charge >= 0.3 is 5.97 Å². The van der Waals surface area contributed by atoms with E-state index in [1.807, 2.05) is 0 Å². The van der Waals surface area contributed by atoms with E-state index in [-0.39, 0.29) is 16.2 Å². The SMILES string of the molecule is COC(=O)Cn1/c(=N/S(=O)(=O)c2ccc(F)cc2)sc2c(OC)ccc(OC)c21. The zero-order chi connectivity index (χ0) is 21.2. The fraction of sp³-hybridized carbons (Fsp3) is 0.222. The Morgan fingerprint density at radius 1 is 1.07 bits per heavy atom. The van der Waals surface area contributed by atoms with Crippen molar-refractivity contribution in [3.63, 3.8) is 0 Å². The van der Waals surface area contributed by atoms with Gasteiger partial charge in [-0.2, -0.15) is 8.42 Å². The third-order valence-corrected chi connectivity index (χ3v) is 6.51. The molecule has 0 saturated carbocycles. The van der Waals surface area contributed by atoms with Gasteiger partial charge in [-0.1, -0.05) is 11.3 Å². The summed E-state index contributed by atoms with van der Waals surface area (Å²) in [4.78, 5) is 11.8. The van der Waals surface area contributed by atoms with Gasteiger partial charge < -0.3 is 18.8 Å². The smallest absolute Gasteiger partial charge is 0.325 e. The third-order valence-electron chi connectivity index (χ3n) is 4.02. The largest absolute Gasteiger partial charge is 0.495 e. The summed E-state index contributed by atoms with van der Waals surface area (Å²) in [7, 11) is -0.0224. The summed E-state index contributed by atoms with van der Waals surface area (Å²) in [6, 6.07) is 7.60. The molecule has 0 fully saturated rings. The monoisotopic (exact) mass is 440 g/mol. The highest BCUT2D eigenvalue weighted by atomic mass is 32.2. The van der Waals surface area contributed by atoms with Crippen molar-refractivity contribution >= 4 is 37.5 Å². The number of nitrogens with zero attached hydrogens (tertiary/aromatic N) is 2. The zero-order valence-electron chi connectivity index (χ0n) is 15.7. The second kappa shape index (κ2) is 8.21. The van der Waals surface area contributed by atoms with Gasteiger partial charge in [0.15, 0.2) is 0 Å². The van der Waals surface area contributed by atoms with Crippen molar-refractivity contribution in [3.05, 3.63) is 47.0 Å². The van der Waals surface area contributed by atoms with Crippen LogP contribution in [0.2, 0.25) is 0 Å². The number of thiazole rings is 1. The Kier molecular flexibility index (Phi) is 5.89. The van der Waals surface area contributed by atoms with Crippen LogP contribution in [0.3, 0.4) is 0 Å². The molecule has 0 N–H and O–H groups in total. The van der Waals surface area contributed by atoms with E-state index in [1.54, 1.807) is 12.1 Å². The number of rotatable bonds is 6. The number of hydrogen-bond acceptors (Lipinski definition) is 7. The molecule has 0 radical (unpaired) electrons. The normalized spacial score (nSPS) is 12.2. The number of methoxy groups -OCH3 is 3. The molecule has 0 atom stereocenters. The molecule has 0 spiro atoms. The zero-order valence-corrected chi connectivity index (χ0v) is 17.3. The molecule has 0 unspecified atom stereocenters. The van der Waals surface area contributed by atoms with E-state index in [0.29, 0.717) is 21.7 Å². The van der Waals surface area contributed by atoms with Crippen molar-refractivity contribution in [1.82, 2.24) is 4.57 Å². The molecule has 1 aromatic heterocycles. The Bertz CT molecular complexity index is 1230. The average molecular weight is 440 g/mol. The minimum atomic E-state index is -4.17. The molecule has 11 heteroatoms. The highest BCUT2D eigenvalue weighted by Crippen LogP contribution is 2.35. The Labute approximate surface area is 169 Å². The summed E-state index contributed by atoms with van der Waals surface area (Å²) in [6.07, 6.45) is 0. The van der Waals surface area contributed by atoms with Crippen LogP contribution in [-0.2, 0) is 26.1 Å². The molecule has 0 aliphatic heterocycles. The summed E-state index contributed by atoms with van der Waals surface area (Å²) in [5.74, 6) is -0.303. The molecule has 29 heavy (non-hydrogen) atoms. The molecular weight excluding hydrogens is 423 g/mol. The summed E-state index contributed by atoms with van der Waals surface area (Å²) in [5.41, 5.74) is 0.440. The van der Waals surface area contributed by atoms with Gasteiger partial charge in [-0.25, -0.2) is 4.39 Å². The van der Waals surface area contributed by atoms with Crippen LogP contribution in [-0.4, -0.2) is 40.3 Å². The molecule has 0 bridgehead atoms. The lowest BCUT2D eigenvalue weighted by Gasteiger charge is -2.09. The van der Waals surface area contributed by atoms with Gasteiger partial charge in [0.2, 0.25) is 4.80 Å². The topological polar surface area (TPSA) is 96.2 Å². The molecule has 1 heterocycles. The summed E-state index contributed by atoms with van der Waals surface area (Å²) >= 11 is 1.01. The lowest BCUT2D eigenvalue weighted by molar-refractivity contribution is -0.141. The van der Waals surface area contributed by atoms with Gasteiger partial charge in [0, 0.05) is 0 Å². The number of carbonyl (C=O) groups excluding carboxylic acids is 1. The lowest BCUT2D eigenvalue weighted by Crippen LogP contribution is -2.22. The average Bonchev–Trinajstić information content (AvgIpc) is 3.04. The number of halogens is 1. The maximum atomic E-state index is 13.1. The van der Waals surface area contributed by atoms with E-state index >= 15 is 0 Å². The van der Waals surface area contributed by atoms with E-state index in [4.69, 9.17) is 14.2 Å². The van der Waals surface area contributed by atoms with Crippen LogP contribution in [0.4, 0.5) is 4.39 Å². The minimum Gasteiger partial charge on any atom is -0.495 e. The van der Waals surface area contributed by atoms with E-state index in [9.17, 15) is 17.6 Å². The van der Waals surface area contributed by atoms with Crippen LogP contribution >= 0.6 is 11.3 Å². The fourth-order valence-electron chi connectivity index (χ4n) is 2.63. The van der Waals surface area contributed by atoms with Crippen molar-refractivity contribution in [2.45, 2.75) is 11.4 Å². The van der Waals surface area contributed by atoms with E-state index in [0.717, 1.165) is 35.6 Å². The minimum absolute atomic E-state index is 0.0116. The molecular formula is C18H17FN2O6S2. The standard InChI is InChI=1S/C18H17FN2O6S2/c1-25-13-8-9-14(26-2)17-16(13)21(10-15(22)27-3)18(28-17)20-29(23,24)12-6-4-11(19)5-7-12/h4-9H,10H2,1-3H3/b20-18-. The quantitative estimate of drug-likeness (QED) is 0.546. The molecule has 3 rings (SSSR count). The maximum absolute atomic E-state index is 13.1. The number of aromatic nitrogens is 1. The maximum Gasteiger partial charge on any atom is 0.325 e. The van der Waals surface area contributed by atoms with Gasteiger partial charge in [-0.05, 0) is 36.4 Å². The first-order valence-electron chi connectivity index (χ1n) is 8.18. The van der Waals surface area contributed by atoms with Crippen LogP contribution in [0.15, 0.2) is 45.7 Å².